The molecule has 0 saturated heterocycles. The van der Waals surface area contributed by atoms with E-state index in [1.54, 1.807) is 13.0 Å². The van der Waals surface area contributed by atoms with Gasteiger partial charge in [0.2, 0.25) is 0 Å². The van der Waals surface area contributed by atoms with Gasteiger partial charge in [-0.1, -0.05) is 105 Å². The van der Waals surface area contributed by atoms with Crippen molar-refractivity contribution >= 4 is 45.3 Å². The van der Waals surface area contributed by atoms with Crippen LogP contribution in [0.2, 0.25) is 0 Å². The molecule has 45 heavy (non-hydrogen) atoms. The molecule has 0 aliphatic carbocycles. The predicted molar refractivity (Wildman–Crippen MR) is 182 cm³/mol. The van der Waals surface area contributed by atoms with Crippen molar-refractivity contribution in [2.45, 2.75) is 45.9 Å². The Balaban J connectivity index is 0.000000218. The summed E-state index contributed by atoms with van der Waals surface area (Å²) in [4.78, 5) is 10.2. The third kappa shape index (κ3) is 14.5. The van der Waals surface area contributed by atoms with E-state index in [0.29, 0.717) is 16.5 Å². The summed E-state index contributed by atoms with van der Waals surface area (Å²) in [5, 5.41) is 28.4. The van der Waals surface area contributed by atoms with Gasteiger partial charge in [0.25, 0.3) is 0 Å². The zero-order chi connectivity index (χ0) is 33.2. The van der Waals surface area contributed by atoms with Crippen LogP contribution in [0.15, 0.2) is 106 Å². The second-order valence-electron chi connectivity index (χ2n) is 9.80. The number of rotatable bonds is 6. The number of benzene rings is 4. The third-order valence-corrected chi connectivity index (χ3v) is 7.03. The SMILES string of the molecule is C/C=C/B(O)O.CC1CCc2cc(Br)cc(F)c2O1.O=Cc1cc(Br)cc(F)c1O.c1ccc(CNCc2ccccc2)cc1. The van der Waals surface area contributed by atoms with Gasteiger partial charge in [-0.15, -0.1) is 0 Å². The lowest BCUT2D eigenvalue weighted by Gasteiger charge is -2.23. The fraction of sp³-hybridized carbons (Fsp3) is 0.206. The number of allylic oxidation sites excluding steroid dienone is 1. The lowest BCUT2D eigenvalue weighted by Crippen LogP contribution is -2.19. The highest BCUT2D eigenvalue weighted by Gasteiger charge is 2.20. The second-order valence-corrected chi connectivity index (χ2v) is 11.6. The molecule has 0 spiro atoms. The van der Waals surface area contributed by atoms with Crippen molar-refractivity contribution in [1.29, 1.82) is 0 Å². The number of aldehydes is 1. The molecule has 11 heteroatoms. The van der Waals surface area contributed by atoms with Gasteiger partial charge in [-0.25, -0.2) is 8.78 Å². The lowest BCUT2D eigenvalue weighted by atomic mass is 9.92. The van der Waals surface area contributed by atoms with Crippen LogP contribution >= 0.6 is 31.9 Å². The molecule has 6 nitrogen and oxygen atoms in total. The first-order valence-corrected chi connectivity index (χ1v) is 15.7. The summed E-state index contributed by atoms with van der Waals surface area (Å²) in [6.07, 6.45) is 3.95. The zero-order valence-corrected chi connectivity index (χ0v) is 28.1. The fourth-order valence-corrected chi connectivity index (χ4v) is 4.87. The topological polar surface area (TPSA) is 99.0 Å². The maximum absolute atomic E-state index is 13.4. The number of aryl methyl sites for hydroxylation is 1. The smallest absolute Gasteiger partial charge is 0.480 e. The van der Waals surface area contributed by atoms with Gasteiger partial charge in [-0.05, 0) is 67.6 Å². The fourth-order valence-electron chi connectivity index (χ4n) is 3.94. The van der Waals surface area contributed by atoms with Crippen molar-refractivity contribution in [2.75, 3.05) is 0 Å². The first kappa shape index (κ1) is 37.8. The number of ether oxygens (including phenoxy) is 1. The minimum atomic E-state index is -1.28. The summed E-state index contributed by atoms with van der Waals surface area (Å²) in [5.74, 6) is 0.0301. The molecule has 0 amide bonds. The Labute approximate surface area is 280 Å². The molecule has 5 rings (SSSR count). The highest BCUT2D eigenvalue weighted by Crippen LogP contribution is 2.33. The molecule has 4 aromatic rings. The van der Waals surface area contributed by atoms with Gasteiger partial charge in [0.05, 0.1) is 11.7 Å². The van der Waals surface area contributed by atoms with E-state index in [-0.39, 0.29) is 17.5 Å². The van der Waals surface area contributed by atoms with E-state index in [0.717, 1.165) is 42.0 Å². The average Bonchev–Trinajstić information content (AvgIpc) is 3.01. The molecule has 1 heterocycles. The van der Waals surface area contributed by atoms with Crippen LogP contribution in [0.4, 0.5) is 8.78 Å². The van der Waals surface area contributed by atoms with E-state index < -0.39 is 18.7 Å². The van der Waals surface area contributed by atoms with E-state index in [1.807, 2.05) is 25.1 Å². The highest BCUT2D eigenvalue weighted by molar-refractivity contribution is 9.10. The van der Waals surface area contributed by atoms with Crippen LogP contribution in [0, 0.1) is 11.6 Å². The molecular formula is C34H36BBr2F2NO5. The molecule has 1 unspecified atom stereocenters. The first-order chi connectivity index (χ1) is 21.5. The van der Waals surface area contributed by atoms with E-state index in [2.05, 4.69) is 85.7 Å². The van der Waals surface area contributed by atoms with E-state index in [4.69, 9.17) is 19.9 Å². The molecule has 1 aliphatic heterocycles. The Morgan fingerprint density at radius 2 is 1.44 bits per heavy atom. The molecule has 0 saturated carbocycles. The van der Waals surface area contributed by atoms with Crippen LogP contribution in [0.3, 0.4) is 0 Å². The standard InChI is InChI=1S/C14H15N.C10H10BrFO.C7H4BrFO2.C3H7BO2/c1-3-7-13(8-4-1)11-15-12-14-9-5-2-6-10-14;1-6-2-3-7-4-8(11)5-9(12)10(7)13-6;8-5-1-4(3-10)7(11)6(9)2-5;1-2-3-4(5)6/h1-10,15H,11-12H2;4-6H,2-3H2,1H3;1-3,11H;2-3,5-6H,1H3/b;;;3-2+. The third-order valence-electron chi connectivity index (χ3n) is 6.12. The molecule has 1 aliphatic rings. The number of carbonyl (C=O) groups is 1. The van der Waals surface area contributed by atoms with Crippen LogP contribution in [0.5, 0.6) is 11.5 Å². The maximum Gasteiger partial charge on any atom is 0.480 e. The molecular weight excluding hydrogens is 711 g/mol. The normalized spacial score (nSPS) is 13.0. The van der Waals surface area contributed by atoms with Crippen LogP contribution in [0.25, 0.3) is 0 Å². The Morgan fingerprint density at radius 1 is 0.911 bits per heavy atom. The quantitative estimate of drug-likeness (QED) is 0.118. The maximum atomic E-state index is 13.4. The van der Waals surface area contributed by atoms with Gasteiger partial charge >= 0.3 is 7.12 Å². The summed E-state index contributed by atoms with van der Waals surface area (Å²) in [5.41, 5.74) is 3.56. The van der Waals surface area contributed by atoms with Crippen molar-refractivity contribution in [2.24, 2.45) is 0 Å². The number of aromatic hydroxyl groups is 1. The van der Waals surface area contributed by atoms with Crippen molar-refractivity contribution < 1.29 is 33.5 Å². The number of carbonyl (C=O) groups excluding carboxylic acids is 1. The van der Waals surface area contributed by atoms with E-state index >= 15 is 0 Å². The average molecular weight is 747 g/mol. The molecule has 1 atom stereocenters. The number of phenolic OH excluding ortho intramolecular Hbond substituents is 1. The summed E-state index contributed by atoms with van der Waals surface area (Å²) < 4.78 is 32.6. The van der Waals surface area contributed by atoms with Gasteiger partial charge in [-0.2, -0.15) is 0 Å². The second kappa shape index (κ2) is 20.6. The van der Waals surface area contributed by atoms with Crippen LogP contribution < -0.4 is 10.1 Å². The predicted octanol–water partition coefficient (Wildman–Crippen LogP) is 7.96. The molecule has 0 radical (unpaired) electrons. The van der Waals surface area contributed by atoms with E-state index in [9.17, 15) is 13.6 Å². The summed E-state index contributed by atoms with van der Waals surface area (Å²) >= 11 is 6.24. The van der Waals surface area contributed by atoms with Crippen molar-refractivity contribution in [3.63, 3.8) is 0 Å². The van der Waals surface area contributed by atoms with Crippen LogP contribution in [-0.4, -0.2) is 34.7 Å². The summed E-state index contributed by atoms with van der Waals surface area (Å²) in [6.45, 7) is 5.54. The Kier molecular flexibility index (Phi) is 17.4. The number of hydrogen-bond acceptors (Lipinski definition) is 6. The van der Waals surface area contributed by atoms with Gasteiger partial charge in [0.15, 0.2) is 29.4 Å². The summed E-state index contributed by atoms with van der Waals surface area (Å²) in [7, 11) is -1.28. The Bertz CT molecular complexity index is 1460. The van der Waals surface area contributed by atoms with Gasteiger partial charge < -0.3 is 25.2 Å². The van der Waals surface area contributed by atoms with Gasteiger partial charge in [-0.3, -0.25) is 4.79 Å². The van der Waals surface area contributed by atoms with Gasteiger partial charge in [0.1, 0.15) is 0 Å². The van der Waals surface area contributed by atoms with Crippen molar-refractivity contribution in [3.05, 3.63) is 140 Å². The Hall–Kier alpha value is -3.35. The molecule has 238 valence electrons. The number of nitrogens with one attached hydrogen (secondary N) is 1. The molecule has 0 aromatic heterocycles. The van der Waals surface area contributed by atoms with Crippen LogP contribution in [-0.2, 0) is 19.5 Å². The monoisotopic (exact) mass is 745 g/mol. The zero-order valence-electron chi connectivity index (χ0n) is 25.0. The van der Waals surface area contributed by atoms with Crippen molar-refractivity contribution in [3.8, 4) is 11.5 Å². The molecule has 4 N–H and O–H groups in total. The number of halogens is 4. The van der Waals surface area contributed by atoms with Gasteiger partial charge in [0, 0.05) is 22.0 Å². The number of fused-ring (bicyclic) bond motifs is 1. The number of hydrogen-bond donors (Lipinski definition) is 4. The molecule has 0 bridgehead atoms. The minimum Gasteiger partial charge on any atom is -0.504 e. The molecule has 0 fully saturated rings. The summed E-state index contributed by atoms with van der Waals surface area (Å²) in [6, 6.07) is 26.7. The first-order valence-electron chi connectivity index (χ1n) is 14.1. The lowest BCUT2D eigenvalue weighted by molar-refractivity contribution is 0.112. The largest absolute Gasteiger partial charge is 0.504 e. The minimum absolute atomic E-state index is 0.0584. The highest BCUT2D eigenvalue weighted by atomic mass is 79.9. The van der Waals surface area contributed by atoms with Crippen LogP contribution in [0.1, 0.15) is 47.3 Å². The van der Waals surface area contributed by atoms with E-state index in [1.165, 1.54) is 29.2 Å². The number of phenols is 1. The Morgan fingerprint density at radius 3 is 1.93 bits per heavy atom. The van der Waals surface area contributed by atoms with Crippen molar-refractivity contribution in [1.82, 2.24) is 5.32 Å². The molecule has 4 aromatic carbocycles.